The number of hydrogen-bond donors (Lipinski definition) is 0. The smallest absolute Gasteiger partial charge is 0.340 e. The molecule has 1 atom stereocenters. The number of carbonyl (C=O) groups excluding carboxylic acids is 1. The van der Waals surface area contributed by atoms with Crippen LogP contribution in [0.1, 0.15) is 61.9 Å². The van der Waals surface area contributed by atoms with Crippen molar-refractivity contribution in [3.8, 4) is 45.3 Å². The molecule has 0 N–H and O–H groups in total. The van der Waals surface area contributed by atoms with E-state index in [1.807, 2.05) is 132 Å². The van der Waals surface area contributed by atoms with E-state index in [4.69, 9.17) is 33.4 Å². The van der Waals surface area contributed by atoms with Gasteiger partial charge in [-0.25, -0.2) is 4.79 Å². The summed E-state index contributed by atoms with van der Waals surface area (Å²) in [6, 6.07) is 31.4. The number of esters is 1. The molecular formula is C43H47NO7. The van der Waals surface area contributed by atoms with Crippen molar-refractivity contribution in [3.05, 3.63) is 125 Å². The third-order valence-corrected chi connectivity index (χ3v) is 8.26. The van der Waals surface area contributed by atoms with Crippen molar-refractivity contribution in [1.29, 1.82) is 0 Å². The maximum atomic E-state index is 13.6. The van der Waals surface area contributed by atoms with Crippen molar-refractivity contribution < 1.29 is 33.2 Å². The van der Waals surface area contributed by atoms with Gasteiger partial charge in [0.15, 0.2) is 6.10 Å². The van der Waals surface area contributed by atoms with Crippen molar-refractivity contribution in [2.75, 3.05) is 20.8 Å². The van der Waals surface area contributed by atoms with Gasteiger partial charge in [-0.05, 0) is 118 Å². The SMILES string of the molecule is CCOC(=O)[C@@H](OC(C)(C)C)c1c(C)nc(C)c(-c2ccc(OCc3ccc(OC)cc3)cc2)c1-c1ccc(OCc2ccc(OC)cc2)cc1. The third kappa shape index (κ3) is 9.47. The summed E-state index contributed by atoms with van der Waals surface area (Å²) in [4.78, 5) is 18.6. The maximum absolute atomic E-state index is 13.6. The number of nitrogens with zero attached hydrogens (tertiary/aromatic N) is 1. The van der Waals surface area contributed by atoms with Crippen LogP contribution in [0.3, 0.4) is 0 Å². The van der Waals surface area contributed by atoms with Crippen LogP contribution in [0, 0.1) is 13.8 Å². The minimum Gasteiger partial charge on any atom is -0.497 e. The van der Waals surface area contributed by atoms with E-state index in [0.29, 0.717) is 30.2 Å². The molecule has 51 heavy (non-hydrogen) atoms. The minimum absolute atomic E-state index is 0.224. The molecule has 8 nitrogen and oxygen atoms in total. The molecule has 0 saturated carbocycles. The Bertz CT molecular complexity index is 1890. The monoisotopic (exact) mass is 689 g/mol. The minimum atomic E-state index is -1.01. The van der Waals surface area contributed by atoms with Gasteiger partial charge in [-0.3, -0.25) is 4.98 Å². The van der Waals surface area contributed by atoms with Crippen LogP contribution >= 0.6 is 0 Å². The van der Waals surface area contributed by atoms with Gasteiger partial charge in [-0.2, -0.15) is 0 Å². The first-order chi connectivity index (χ1) is 24.5. The van der Waals surface area contributed by atoms with Crippen LogP contribution in [0.2, 0.25) is 0 Å². The summed E-state index contributed by atoms with van der Waals surface area (Å²) in [6.07, 6.45) is -1.01. The molecule has 1 aromatic heterocycles. The molecule has 0 amide bonds. The molecule has 0 fully saturated rings. The van der Waals surface area contributed by atoms with Crippen molar-refractivity contribution >= 4 is 5.97 Å². The molecule has 0 radical (unpaired) electrons. The van der Waals surface area contributed by atoms with Crippen LogP contribution in [-0.2, 0) is 27.5 Å². The number of aryl methyl sites for hydroxylation is 2. The van der Waals surface area contributed by atoms with Gasteiger partial charge in [0.2, 0.25) is 0 Å². The predicted molar refractivity (Wildman–Crippen MR) is 199 cm³/mol. The van der Waals surface area contributed by atoms with Crippen molar-refractivity contribution in [1.82, 2.24) is 4.98 Å². The lowest BCUT2D eigenvalue weighted by atomic mass is 9.86. The molecule has 0 unspecified atom stereocenters. The molecule has 266 valence electrons. The second-order valence-corrected chi connectivity index (χ2v) is 13.1. The van der Waals surface area contributed by atoms with E-state index in [0.717, 1.165) is 56.3 Å². The summed E-state index contributed by atoms with van der Waals surface area (Å²) in [5.74, 6) is 2.58. The van der Waals surface area contributed by atoms with E-state index < -0.39 is 17.7 Å². The Balaban J connectivity index is 1.54. The standard InChI is InChI=1S/C43H47NO7/c1-9-48-42(45)41(51-43(4,5)6)39-29(3)44-28(2)38(32-14-22-36(23-15-32)49-26-30-10-18-34(46-7)19-11-30)40(39)33-16-24-37(25-17-33)50-27-31-12-20-35(47-8)21-13-31/h10-25,41H,9,26-27H2,1-8H3/t41-/m0/s1. The number of rotatable bonds is 14. The number of ether oxygens (including phenoxy) is 6. The molecule has 5 aromatic rings. The van der Waals surface area contributed by atoms with Crippen molar-refractivity contribution in [2.24, 2.45) is 0 Å². The maximum Gasteiger partial charge on any atom is 0.340 e. The molecular weight excluding hydrogens is 642 g/mol. The van der Waals surface area contributed by atoms with Gasteiger partial charge in [0.25, 0.3) is 0 Å². The zero-order chi connectivity index (χ0) is 36.5. The molecule has 0 aliphatic heterocycles. The van der Waals surface area contributed by atoms with E-state index in [2.05, 4.69) is 0 Å². The molecule has 1 heterocycles. The van der Waals surface area contributed by atoms with E-state index in [1.54, 1.807) is 21.1 Å². The highest BCUT2D eigenvalue weighted by Gasteiger charge is 2.34. The Morgan fingerprint density at radius 2 is 1.06 bits per heavy atom. The third-order valence-electron chi connectivity index (χ3n) is 8.26. The fraction of sp³-hybridized carbons (Fsp3) is 0.302. The van der Waals surface area contributed by atoms with Crippen LogP contribution in [0.5, 0.6) is 23.0 Å². The topological polar surface area (TPSA) is 85.3 Å². The fourth-order valence-electron chi connectivity index (χ4n) is 5.85. The zero-order valence-corrected chi connectivity index (χ0v) is 30.7. The molecule has 0 spiro atoms. The van der Waals surface area contributed by atoms with Crippen LogP contribution in [-0.4, -0.2) is 37.4 Å². The molecule has 0 aliphatic rings. The molecule has 0 saturated heterocycles. The predicted octanol–water partition coefficient (Wildman–Crippen LogP) is 9.63. The second kappa shape index (κ2) is 16.6. The van der Waals surface area contributed by atoms with Gasteiger partial charge in [-0.1, -0.05) is 48.5 Å². The first-order valence-electron chi connectivity index (χ1n) is 17.1. The number of benzene rings is 4. The molecule has 0 bridgehead atoms. The van der Waals surface area contributed by atoms with Gasteiger partial charge < -0.3 is 28.4 Å². The number of aromatic nitrogens is 1. The lowest BCUT2D eigenvalue weighted by Crippen LogP contribution is -2.30. The van der Waals surface area contributed by atoms with E-state index in [-0.39, 0.29) is 6.61 Å². The quantitative estimate of drug-likeness (QED) is 0.107. The highest BCUT2D eigenvalue weighted by Crippen LogP contribution is 2.43. The Kier molecular flexibility index (Phi) is 12.0. The molecule has 0 aliphatic carbocycles. The summed E-state index contributed by atoms with van der Waals surface area (Å²) in [7, 11) is 3.30. The number of pyridine rings is 1. The summed E-state index contributed by atoms with van der Waals surface area (Å²) in [5.41, 5.74) is 7.12. The first kappa shape index (κ1) is 36.9. The van der Waals surface area contributed by atoms with Gasteiger partial charge in [0.1, 0.15) is 36.2 Å². The Labute approximate surface area is 301 Å². The summed E-state index contributed by atoms with van der Waals surface area (Å²) in [5, 5.41) is 0. The largest absolute Gasteiger partial charge is 0.497 e. The highest BCUT2D eigenvalue weighted by atomic mass is 16.6. The van der Waals surface area contributed by atoms with Gasteiger partial charge in [0.05, 0.1) is 26.4 Å². The summed E-state index contributed by atoms with van der Waals surface area (Å²) >= 11 is 0. The van der Waals surface area contributed by atoms with Gasteiger partial charge >= 0.3 is 5.97 Å². The van der Waals surface area contributed by atoms with Crippen LogP contribution in [0.15, 0.2) is 97.1 Å². The Morgan fingerprint density at radius 1 is 0.627 bits per heavy atom. The number of methoxy groups -OCH3 is 2. The Hall–Kier alpha value is -5.34. The average molecular weight is 690 g/mol. The van der Waals surface area contributed by atoms with Crippen LogP contribution in [0.4, 0.5) is 0 Å². The molecule has 4 aromatic carbocycles. The highest BCUT2D eigenvalue weighted by molar-refractivity contribution is 5.91. The van der Waals surface area contributed by atoms with Crippen molar-refractivity contribution in [2.45, 2.75) is 66.5 Å². The normalized spacial score (nSPS) is 11.8. The van der Waals surface area contributed by atoms with Gasteiger partial charge in [-0.15, -0.1) is 0 Å². The van der Waals surface area contributed by atoms with E-state index in [9.17, 15) is 4.79 Å². The number of hydrogen-bond acceptors (Lipinski definition) is 8. The van der Waals surface area contributed by atoms with Gasteiger partial charge in [0, 0.05) is 22.5 Å². The van der Waals surface area contributed by atoms with Crippen molar-refractivity contribution in [3.63, 3.8) is 0 Å². The summed E-state index contributed by atoms with van der Waals surface area (Å²) in [6.45, 7) is 12.5. The lowest BCUT2D eigenvalue weighted by Gasteiger charge is -2.30. The van der Waals surface area contributed by atoms with Crippen LogP contribution < -0.4 is 18.9 Å². The zero-order valence-electron chi connectivity index (χ0n) is 30.7. The number of carbonyl (C=O) groups is 1. The average Bonchev–Trinajstić information content (AvgIpc) is 3.13. The first-order valence-corrected chi connectivity index (χ1v) is 17.1. The Morgan fingerprint density at radius 3 is 1.47 bits per heavy atom. The van der Waals surface area contributed by atoms with Crippen LogP contribution in [0.25, 0.3) is 22.3 Å². The second-order valence-electron chi connectivity index (χ2n) is 13.1. The fourth-order valence-corrected chi connectivity index (χ4v) is 5.85. The molecule has 5 rings (SSSR count). The van der Waals surface area contributed by atoms with E-state index in [1.165, 1.54) is 0 Å². The van der Waals surface area contributed by atoms with E-state index >= 15 is 0 Å². The summed E-state index contributed by atoms with van der Waals surface area (Å²) < 4.78 is 34.9. The molecule has 8 heteroatoms. The lowest BCUT2D eigenvalue weighted by molar-refractivity contribution is -0.166.